The Morgan fingerprint density at radius 3 is 2.92 bits per heavy atom. The summed E-state index contributed by atoms with van der Waals surface area (Å²) in [5, 5.41) is 2.70. The third-order valence-electron chi connectivity index (χ3n) is 3.70. The zero-order valence-corrected chi connectivity index (χ0v) is 15.4. The van der Waals surface area contributed by atoms with Gasteiger partial charge in [0, 0.05) is 10.0 Å². The van der Waals surface area contributed by atoms with E-state index in [0.29, 0.717) is 18.1 Å². The van der Waals surface area contributed by atoms with Gasteiger partial charge in [-0.25, -0.2) is 9.78 Å². The van der Waals surface area contributed by atoms with Crippen molar-refractivity contribution in [3.8, 4) is 11.3 Å². The van der Waals surface area contributed by atoms with Crippen molar-refractivity contribution in [3.05, 3.63) is 40.8 Å². The molecule has 126 valence electrons. The molecule has 1 saturated heterocycles. The number of urea groups is 1. The highest BCUT2D eigenvalue weighted by molar-refractivity contribution is 9.10. The van der Waals surface area contributed by atoms with E-state index in [1.54, 1.807) is 18.0 Å². The lowest BCUT2D eigenvalue weighted by Gasteiger charge is -2.10. The molecule has 6 nitrogen and oxygen atoms in total. The summed E-state index contributed by atoms with van der Waals surface area (Å²) < 4.78 is 6.60. The van der Waals surface area contributed by atoms with Crippen molar-refractivity contribution < 1.29 is 14.0 Å². The average molecular weight is 410 g/mol. The fourth-order valence-electron chi connectivity index (χ4n) is 2.46. The zero-order valence-electron chi connectivity index (χ0n) is 13.0. The van der Waals surface area contributed by atoms with E-state index in [1.807, 2.05) is 30.5 Å². The predicted octanol–water partition coefficient (Wildman–Crippen LogP) is 3.28. The van der Waals surface area contributed by atoms with Crippen molar-refractivity contribution in [2.45, 2.75) is 19.0 Å². The lowest BCUT2D eigenvalue weighted by Crippen LogP contribution is -2.31. The molecule has 0 radical (unpaired) electrons. The second kappa shape index (κ2) is 7.40. The minimum atomic E-state index is -0.456. The third kappa shape index (κ3) is 3.49. The second-order valence-electron chi connectivity index (χ2n) is 5.31. The number of thioether (sulfide) groups is 1. The normalized spacial score (nSPS) is 17.4. The van der Waals surface area contributed by atoms with Gasteiger partial charge in [-0.05, 0) is 24.5 Å². The molecule has 1 fully saturated rings. The van der Waals surface area contributed by atoms with E-state index >= 15 is 0 Å². The van der Waals surface area contributed by atoms with Gasteiger partial charge in [0.25, 0.3) is 5.91 Å². The van der Waals surface area contributed by atoms with E-state index in [1.165, 1.54) is 0 Å². The number of benzene rings is 1. The van der Waals surface area contributed by atoms with Gasteiger partial charge in [-0.2, -0.15) is 11.8 Å². The van der Waals surface area contributed by atoms with Gasteiger partial charge in [-0.3, -0.25) is 9.69 Å². The molecular formula is C16H16BrN3O3S. The van der Waals surface area contributed by atoms with Gasteiger partial charge in [-0.15, -0.1) is 0 Å². The fraction of sp³-hybridized carbons (Fsp3) is 0.312. The first-order valence-electron chi connectivity index (χ1n) is 7.40. The molecule has 0 aliphatic carbocycles. The third-order valence-corrected chi connectivity index (χ3v) is 5.04. The Labute approximate surface area is 152 Å². The van der Waals surface area contributed by atoms with Crippen molar-refractivity contribution in [3.63, 3.8) is 0 Å². The van der Waals surface area contributed by atoms with Crippen molar-refractivity contribution in [1.82, 2.24) is 15.2 Å². The molecule has 0 saturated carbocycles. The summed E-state index contributed by atoms with van der Waals surface area (Å²) in [5.74, 6) is 1.50. The van der Waals surface area contributed by atoms with Gasteiger partial charge in [0.2, 0.25) is 5.89 Å². The highest BCUT2D eigenvalue weighted by Gasteiger charge is 2.38. The molecule has 0 unspecified atom stereocenters. The van der Waals surface area contributed by atoms with Crippen LogP contribution in [0.25, 0.3) is 11.3 Å². The molecule has 1 aliphatic heterocycles. The summed E-state index contributed by atoms with van der Waals surface area (Å²) in [6, 6.07) is 6.77. The number of rotatable bonds is 6. The monoisotopic (exact) mass is 409 g/mol. The maximum atomic E-state index is 12.3. The van der Waals surface area contributed by atoms with E-state index in [0.717, 1.165) is 20.7 Å². The van der Waals surface area contributed by atoms with Gasteiger partial charge in [0.05, 0.1) is 6.20 Å². The van der Waals surface area contributed by atoms with Crippen LogP contribution in [0.2, 0.25) is 0 Å². The van der Waals surface area contributed by atoms with Crippen LogP contribution in [0.1, 0.15) is 12.3 Å². The summed E-state index contributed by atoms with van der Waals surface area (Å²) in [6.45, 7) is 0.0326. The molecule has 3 amide bonds. The highest BCUT2D eigenvalue weighted by Crippen LogP contribution is 2.28. The number of carbonyl (C=O) groups excluding carboxylic acids is 2. The number of oxazole rings is 1. The number of amides is 3. The second-order valence-corrected chi connectivity index (χ2v) is 7.15. The van der Waals surface area contributed by atoms with Crippen LogP contribution in [-0.4, -0.2) is 39.9 Å². The minimum Gasteiger partial charge on any atom is -0.439 e. The molecule has 8 heteroatoms. The van der Waals surface area contributed by atoms with E-state index in [-0.39, 0.29) is 12.5 Å². The average Bonchev–Trinajstić information content (AvgIpc) is 3.14. The van der Waals surface area contributed by atoms with Gasteiger partial charge in [-0.1, -0.05) is 34.1 Å². The number of nitrogens with zero attached hydrogens (tertiary/aromatic N) is 2. The largest absolute Gasteiger partial charge is 0.439 e. The Hall–Kier alpha value is -1.80. The number of hydrogen-bond donors (Lipinski definition) is 1. The minimum absolute atomic E-state index is 0.0326. The SMILES string of the molecule is CSCC[C@H]1NC(=O)N(Cc2ncc(-c3ccccc3Br)o2)C1=O. The molecule has 0 bridgehead atoms. The summed E-state index contributed by atoms with van der Waals surface area (Å²) in [6.07, 6.45) is 4.18. The summed E-state index contributed by atoms with van der Waals surface area (Å²) >= 11 is 5.10. The topological polar surface area (TPSA) is 75.4 Å². The molecule has 24 heavy (non-hydrogen) atoms. The van der Waals surface area contributed by atoms with Crippen LogP contribution in [0.5, 0.6) is 0 Å². The van der Waals surface area contributed by atoms with Gasteiger partial charge >= 0.3 is 6.03 Å². The number of aromatic nitrogens is 1. The lowest BCUT2D eigenvalue weighted by atomic mass is 10.2. The summed E-state index contributed by atoms with van der Waals surface area (Å²) in [5.41, 5.74) is 0.867. The Balaban J connectivity index is 1.72. The number of nitrogens with one attached hydrogen (secondary N) is 1. The van der Waals surface area contributed by atoms with Crippen molar-refractivity contribution >= 4 is 39.6 Å². The molecule has 0 spiro atoms. The van der Waals surface area contributed by atoms with Crippen LogP contribution in [0, 0.1) is 0 Å². The maximum Gasteiger partial charge on any atom is 0.325 e. The van der Waals surface area contributed by atoms with Crippen LogP contribution in [0.15, 0.2) is 39.4 Å². The maximum absolute atomic E-state index is 12.3. The predicted molar refractivity (Wildman–Crippen MR) is 95.5 cm³/mol. The van der Waals surface area contributed by atoms with Crippen LogP contribution in [-0.2, 0) is 11.3 Å². The molecule has 3 rings (SSSR count). The molecule has 2 aromatic rings. The van der Waals surface area contributed by atoms with E-state index < -0.39 is 12.1 Å². The smallest absolute Gasteiger partial charge is 0.325 e. The quantitative estimate of drug-likeness (QED) is 0.740. The summed E-state index contributed by atoms with van der Waals surface area (Å²) in [7, 11) is 0. The molecule has 1 N–H and O–H groups in total. The van der Waals surface area contributed by atoms with E-state index in [4.69, 9.17) is 4.42 Å². The Morgan fingerprint density at radius 1 is 1.38 bits per heavy atom. The Bertz CT molecular complexity index is 765. The van der Waals surface area contributed by atoms with Crippen molar-refractivity contribution in [2.75, 3.05) is 12.0 Å². The molecule has 2 heterocycles. The van der Waals surface area contributed by atoms with Gasteiger partial charge in [0.1, 0.15) is 12.6 Å². The van der Waals surface area contributed by atoms with Gasteiger partial charge < -0.3 is 9.73 Å². The van der Waals surface area contributed by atoms with Crippen LogP contribution < -0.4 is 5.32 Å². The number of imide groups is 1. The Morgan fingerprint density at radius 2 is 2.17 bits per heavy atom. The highest BCUT2D eigenvalue weighted by atomic mass is 79.9. The van der Waals surface area contributed by atoms with Crippen LogP contribution >= 0.6 is 27.7 Å². The van der Waals surface area contributed by atoms with Crippen molar-refractivity contribution in [2.24, 2.45) is 0 Å². The van der Waals surface area contributed by atoms with E-state index in [2.05, 4.69) is 26.2 Å². The number of hydrogen-bond acceptors (Lipinski definition) is 5. The molecule has 1 aromatic carbocycles. The van der Waals surface area contributed by atoms with Crippen molar-refractivity contribution in [1.29, 1.82) is 0 Å². The standard InChI is InChI=1S/C16H16BrN3O3S/c1-24-7-6-12-15(21)20(16(22)19-12)9-14-18-8-13(23-14)10-4-2-3-5-11(10)17/h2-5,8,12H,6-7,9H2,1H3,(H,19,22)/t12-/m1/s1. The molecule has 1 aliphatic rings. The van der Waals surface area contributed by atoms with Gasteiger partial charge in [0.15, 0.2) is 5.76 Å². The van der Waals surface area contributed by atoms with Crippen LogP contribution in [0.3, 0.4) is 0 Å². The lowest BCUT2D eigenvalue weighted by molar-refractivity contribution is -0.128. The molecule has 1 atom stereocenters. The Kier molecular flexibility index (Phi) is 5.25. The van der Waals surface area contributed by atoms with Crippen LogP contribution in [0.4, 0.5) is 4.79 Å². The zero-order chi connectivity index (χ0) is 17.1. The number of carbonyl (C=O) groups is 2. The first kappa shape index (κ1) is 17.0. The van der Waals surface area contributed by atoms with E-state index in [9.17, 15) is 9.59 Å². The fourth-order valence-corrected chi connectivity index (χ4v) is 3.41. The number of halogens is 1. The molecule has 1 aromatic heterocycles. The first-order valence-corrected chi connectivity index (χ1v) is 9.59. The molecular weight excluding hydrogens is 394 g/mol. The summed E-state index contributed by atoms with van der Waals surface area (Å²) in [4.78, 5) is 29.7. The first-order chi connectivity index (χ1) is 11.6.